The Hall–Kier alpha value is -1.67. The smallest absolute Gasteiger partial charge is 0.323 e. The normalized spacial score (nSPS) is 12.6. The molecule has 0 amide bonds. The maximum Gasteiger partial charge on any atom is 0.323 e. The fraction of sp³-hybridized carbons (Fsp3) is 0.750. The van der Waals surface area contributed by atoms with Crippen molar-refractivity contribution in [2.24, 2.45) is 11.8 Å². The van der Waals surface area contributed by atoms with Gasteiger partial charge in [0.2, 0.25) is 11.9 Å². The number of hydrogen-bond acceptors (Lipinski definition) is 8. The molecule has 0 aliphatic carbocycles. The summed E-state index contributed by atoms with van der Waals surface area (Å²) in [7, 11) is 4.06. The lowest BCUT2D eigenvalue weighted by molar-refractivity contribution is 0.311. The number of likely N-dealkylation sites (N-methyl/N-ethyl adjacent to an activating group) is 1. The third-order valence-electron chi connectivity index (χ3n) is 2.70. The third-order valence-corrected chi connectivity index (χ3v) is 2.70. The number of nitrogens with two attached hydrogens (primary N) is 1. The van der Waals surface area contributed by atoms with Gasteiger partial charge in [-0.1, -0.05) is 13.8 Å². The summed E-state index contributed by atoms with van der Waals surface area (Å²) < 4.78 is 5.30. The van der Waals surface area contributed by atoms with E-state index in [1.54, 1.807) is 0 Å². The van der Waals surface area contributed by atoms with Gasteiger partial charge in [0.25, 0.3) is 0 Å². The van der Waals surface area contributed by atoms with Crippen molar-refractivity contribution in [3.63, 3.8) is 0 Å². The molecule has 20 heavy (non-hydrogen) atoms. The zero-order valence-corrected chi connectivity index (χ0v) is 12.8. The first kappa shape index (κ1) is 16.4. The second-order valence-corrected chi connectivity index (χ2v) is 5.10. The molecular weight excluding hydrogens is 258 g/mol. The molecule has 0 aromatic carbocycles. The van der Waals surface area contributed by atoms with E-state index in [0.717, 1.165) is 6.54 Å². The van der Waals surface area contributed by atoms with Gasteiger partial charge >= 0.3 is 6.01 Å². The van der Waals surface area contributed by atoms with Gasteiger partial charge in [0.1, 0.15) is 0 Å². The molecule has 1 aromatic rings. The van der Waals surface area contributed by atoms with Crippen LogP contribution < -0.4 is 21.3 Å². The largest absolute Gasteiger partial charge is 0.464 e. The second kappa shape index (κ2) is 7.81. The van der Waals surface area contributed by atoms with Gasteiger partial charge in [0, 0.05) is 12.6 Å². The standard InChI is InChI=1S/C12H25N7O/c1-6-20-12-16-10(15-11(17-12)18-13)14-9(8(2)3)7-19(4)5/h8-9H,6-7,13H2,1-5H3,(H2,14,15,16,17,18). The molecule has 0 bridgehead atoms. The fourth-order valence-corrected chi connectivity index (χ4v) is 1.66. The van der Waals surface area contributed by atoms with Crippen molar-refractivity contribution >= 4 is 11.9 Å². The van der Waals surface area contributed by atoms with Crippen molar-refractivity contribution in [2.75, 3.05) is 38.0 Å². The van der Waals surface area contributed by atoms with Gasteiger partial charge in [0.15, 0.2) is 0 Å². The maximum absolute atomic E-state index is 5.36. The minimum atomic E-state index is 0.215. The van der Waals surface area contributed by atoms with Gasteiger partial charge in [-0.15, -0.1) is 0 Å². The molecular formula is C12H25N7O. The highest BCUT2D eigenvalue weighted by atomic mass is 16.5. The van der Waals surface area contributed by atoms with E-state index in [9.17, 15) is 0 Å². The first-order valence-electron chi connectivity index (χ1n) is 6.73. The predicted molar refractivity (Wildman–Crippen MR) is 79.6 cm³/mol. The molecule has 4 N–H and O–H groups in total. The third kappa shape index (κ3) is 5.14. The average Bonchev–Trinajstić information content (AvgIpc) is 2.37. The van der Waals surface area contributed by atoms with E-state index in [-0.39, 0.29) is 18.0 Å². The van der Waals surface area contributed by atoms with E-state index in [1.807, 2.05) is 21.0 Å². The first-order valence-corrected chi connectivity index (χ1v) is 6.73. The number of nitrogen functional groups attached to an aromatic ring is 1. The monoisotopic (exact) mass is 283 g/mol. The molecule has 8 heteroatoms. The van der Waals surface area contributed by atoms with Gasteiger partial charge in [-0.3, -0.25) is 5.43 Å². The number of nitrogens with zero attached hydrogens (tertiary/aromatic N) is 4. The Labute approximate surface area is 120 Å². The Morgan fingerprint density at radius 3 is 2.35 bits per heavy atom. The molecule has 1 unspecified atom stereocenters. The predicted octanol–water partition coefficient (Wildman–Crippen LogP) is 0.554. The minimum absolute atomic E-state index is 0.215. The molecule has 1 rings (SSSR count). The number of anilines is 2. The highest BCUT2D eigenvalue weighted by Crippen LogP contribution is 2.14. The van der Waals surface area contributed by atoms with Gasteiger partial charge in [-0.05, 0) is 26.9 Å². The molecule has 0 aliphatic heterocycles. The minimum Gasteiger partial charge on any atom is -0.464 e. The highest BCUT2D eigenvalue weighted by Gasteiger charge is 2.17. The van der Waals surface area contributed by atoms with Crippen LogP contribution >= 0.6 is 0 Å². The number of hydrogen-bond donors (Lipinski definition) is 3. The molecule has 0 saturated carbocycles. The number of rotatable bonds is 8. The SMILES string of the molecule is CCOc1nc(NN)nc(NC(CN(C)C)C(C)C)n1. The summed E-state index contributed by atoms with van der Waals surface area (Å²) in [5.41, 5.74) is 2.42. The summed E-state index contributed by atoms with van der Waals surface area (Å²) in [6, 6.07) is 0.470. The first-order chi connectivity index (χ1) is 9.46. The molecule has 1 atom stereocenters. The van der Waals surface area contributed by atoms with Crippen LogP contribution in [0.15, 0.2) is 0 Å². The number of nitrogens with one attached hydrogen (secondary N) is 2. The van der Waals surface area contributed by atoms with Crippen LogP contribution in [-0.2, 0) is 0 Å². The lowest BCUT2D eigenvalue weighted by Gasteiger charge is -2.25. The van der Waals surface area contributed by atoms with Crippen LogP contribution in [0.2, 0.25) is 0 Å². The summed E-state index contributed by atoms with van der Waals surface area (Å²) in [5, 5.41) is 3.30. The molecule has 8 nitrogen and oxygen atoms in total. The molecule has 0 fully saturated rings. The molecule has 1 heterocycles. The summed E-state index contributed by atoms with van der Waals surface area (Å²) >= 11 is 0. The van der Waals surface area contributed by atoms with Crippen LogP contribution in [0, 0.1) is 5.92 Å². The van der Waals surface area contributed by atoms with Crippen LogP contribution in [-0.4, -0.2) is 53.1 Å². The molecule has 0 radical (unpaired) electrons. The maximum atomic E-state index is 5.36. The lowest BCUT2D eigenvalue weighted by Crippen LogP contribution is -2.37. The number of ether oxygens (including phenoxy) is 1. The van der Waals surface area contributed by atoms with Crippen LogP contribution in [0.5, 0.6) is 6.01 Å². The van der Waals surface area contributed by atoms with E-state index >= 15 is 0 Å². The Balaban J connectivity index is 2.90. The van der Waals surface area contributed by atoms with Crippen molar-refractivity contribution in [1.29, 1.82) is 0 Å². The van der Waals surface area contributed by atoms with E-state index in [1.165, 1.54) is 0 Å². The van der Waals surface area contributed by atoms with E-state index in [0.29, 0.717) is 18.5 Å². The summed E-state index contributed by atoms with van der Waals surface area (Å²) in [4.78, 5) is 14.6. The zero-order chi connectivity index (χ0) is 15.1. The number of hydrazine groups is 1. The van der Waals surface area contributed by atoms with Crippen molar-refractivity contribution in [1.82, 2.24) is 19.9 Å². The fourth-order valence-electron chi connectivity index (χ4n) is 1.66. The van der Waals surface area contributed by atoms with Gasteiger partial charge in [0.05, 0.1) is 6.61 Å². The van der Waals surface area contributed by atoms with Gasteiger partial charge in [-0.2, -0.15) is 15.0 Å². The zero-order valence-electron chi connectivity index (χ0n) is 12.8. The highest BCUT2D eigenvalue weighted by molar-refractivity contribution is 5.35. The Kier molecular flexibility index (Phi) is 6.40. The molecule has 0 saturated heterocycles. The molecule has 0 aliphatic rings. The summed E-state index contributed by atoms with van der Waals surface area (Å²) in [5.74, 6) is 6.52. The molecule has 1 aromatic heterocycles. The van der Waals surface area contributed by atoms with Gasteiger partial charge in [-0.25, -0.2) is 5.84 Å². The quantitative estimate of drug-likeness (QED) is 0.470. The summed E-state index contributed by atoms with van der Waals surface area (Å²) in [6.45, 7) is 7.52. The van der Waals surface area contributed by atoms with Gasteiger partial charge < -0.3 is 15.0 Å². The molecule has 0 spiro atoms. The topological polar surface area (TPSA) is 101 Å². The Morgan fingerprint density at radius 2 is 1.85 bits per heavy atom. The van der Waals surface area contributed by atoms with E-state index in [2.05, 4.69) is 44.4 Å². The van der Waals surface area contributed by atoms with Crippen molar-refractivity contribution in [3.8, 4) is 6.01 Å². The van der Waals surface area contributed by atoms with E-state index < -0.39 is 0 Å². The van der Waals surface area contributed by atoms with Crippen LogP contribution in [0.3, 0.4) is 0 Å². The van der Waals surface area contributed by atoms with Crippen LogP contribution in [0.1, 0.15) is 20.8 Å². The van der Waals surface area contributed by atoms with Crippen molar-refractivity contribution in [2.45, 2.75) is 26.8 Å². The van der Waals surface area contributed by atoms with E-state index in [4.69, 9.17) is 10.6 Å². The number of aromatic nitrogens is 3. The lowest BCUT2D eigenvalue weighted by atomic mass is 10.0. The van der Waals surface area contributed by atoms with Crippen molar-refractivity contribution < 1.29 is 4.74 Å². The second-order valence-electron chi connectivity index (χ2n) is 5.10. The Bertz CT molecular complexity index is 411. The Morgan fingerprint density at radius 1 is 1.20 bits per heavy atom. The van der Waals surface area contributed by atoms with Crippen LogP contribution in [0.4, 0.5) is 11.9 Å². The average molecular weight is 283 g/mol. The van der Waals surface area contributed by atoms with Crippen molar-refractivity contribution in [3.05, 3.63) is 0 Å². The van der Waals surface area contributed by atoms with Crippen LogP contribution in [0.25, 0.3) is 0 Å². The summed E-state index contributed by atoms with van der Waals surface area (Å²) in [6.07, 6.45) is 0. The molecule has 114 valence electrons.